The van der Waals surface area contributed by atoms with Crippen LogP contribution in [0.15, 0.2) is 24.3 Å². The molecule has 1 aliphatic carbocycles. The van der Waals surface area contributed by atoms with E-state index in [1.807, 2.05) is 0 Å². The van der Waals surface area contributed by atoms with E-state index < -0.39 is 0 Å². The average Bonchev–Trinajstić information content (AvgIpc) is 2.37. The van der Waals surface area contributed by atoms with Crippen molar-refractivity contribution in [1.82, 2.24) is 0 Å². The predicted molar refractivity (Wildman–Crippen MR) is 69.5 cm³/mol. The molecule has 1 aromatic carbocycles. The van der Waals surface area contributed by atoms with E-state index in [1.54, 1.807) is 0 Å². The van der Waals surface area contributed by atoms with Crippen molar-refractivity contribution >= 4 is 0 Å². The number of hydrogen-bond donors (Lipinski definition) is 0. The van der Waals surface area contributed by atoms with E-state index in [0.717, 1.165) is 24.7 Å². The fourth-order valence-corrected chi connectivity index (χ4v) is 4.27. The van der Waals surface area contributed by atoms with Gasteiger partial charge in [0.2, 0.25) is 0 Å². The zero-order valence-corrected chi connectivity index (χ0v) is 11.1. The maximum absolute atomic E-state index is 6.37. The van der Waals surface area contributed by atoms with E-state index in [9.17, 15) is 0 Å². The van der Waals surface area contributed by atoms with E-state index >= 15 is 0 Å². The SMILES string of the molecule is CC1CC2(C)Oc3ccccc3C3OCC1CC32. The molecule has 2 aliphatic heterocycles. The van der Waals surface area contributed by atoms with Crippen LogP contribution in [0.5, 0.6) is 5.75 Å². The summed E-state index contributed by atoms with van der Waals surface area (Å²) in [4.78, 5) is 0. The molecule has 0 radical (unpaired) electrons. The third-order valence-electron chi connectivity index (χ3n) is 5.30. The predicted octanol–water partition coefficient (Wildman–Crippen LogP) is 3.57. The molecule has 5 unspecified atom stereocenters. The number of rotatable bonds is 0. The monoisotopic (exact) mass is 244 g/mol. The third kappa shape index (κ3) is 1.33. The highest BCUT2D eigenvalue weighted by molar-refractivity contribution is 5.39. The zero-order chi connectivity index (χ0) is 12.3. The van der Waals surface area contributed by atoms with Crippen LogP contribution in [0.1, 0.15) is 38.4 Å². The molecule has 2 fully saturated rings. The van der Waals surface area contributed by atoms with Crippen LogP contribution in [0.2, 0.25) is 0 Å². The van der Waals surface area contributed by atoms with Crippen molar-refractivity contribution in [2.45, 2.75) is 38.4 Å². The summed E-state index contributed by atoms with van der Waals surface area (Å²) >= 11 is 0. The van der Waals surface area contributed by atoms with Gasteiger partial charge in [-0.05, 0) is 37.7 Å². The van der Waals surface area contributed by atoms with Crippen molar-refractivity contribution in [3.8, 4) is 5.75 Å². The molecule has 4 rings (SSSR count). The molecule has 1 saturated carbocycles. The van der Waals surface area contributed by atoms with Gasteiger partial charge in [-0.3, -0.25) is 0 Å². The van der Waals surface area contributed by atoms with Crippen LogP contribution in [0.25, 0.3) is 0 Å². The molecule has 0 spiro atoms. The molecule has 0 amide bonds. The van der Waals surface area contributed by atoms with Crippen LogP contribution in [0.3, 0.4) is 0 Å². The number of hydrogen-bond acceptors (Lipinski definition) is 2. The summed E-state index contributed by atoms with van der Waals surface area (Å²) in [6.45, 7) is 5.55. The number of fused-ring (bicyclic) bond motifs is 3. The molecule has 5 atom stereocenters. The molecular weight excluding hydrogens is 224 g/mol. The maximum atomic E-state index is 6.37. The largest absolute Gasteiger partial charge is 0.487 e. The van der Waals surface area contributed by atoms with Gasteiger partial charge in [-0.2, -0.15) is 0 Å². The number of ether oxygens (including phenoxy) is 2. The van der Waals surface area contributed by atoms with Gasteiger partial charge >= 0.3 is 0 Å². The van der Waals surface area contributed by atoms with Crippen LogP contribution >= 0.6 is 0 Å². The van der Waals surface area contributed by atoms with Crippen LogP contribution < -0.4 is 4.74 Å². The third-order valence-corrected chi connectivity index (χ3v) is 5.30. The maximum Gasteiger partial charge on any atom is 0.125 e. The van der Waals surface area contributed by atoms with Gasteiger partial charge in [0.05, 0.1) is 12.7 Å². The van der Waals surface area contributed by atoms with Crippen molar-refractivity contribution in [2.24, 2.45) is 17.8 Å². The molecule has 1 saturated heterocycles. The van der Waals surface area contributed by atoms with Crippen molar-refractivity contribution in [3.05, 3.63) is 29.8 Å². The Balaban J connectivity index is 1.83. The molecule has 18 heavy (non-hydrogen) atoms. The standard InChI is InChI=1S/C16H20O2/c1-10-8-16(2)13-7-11(10)9-17-15(13)12-5-3-4-6-14(12)18-16/h3-6,10-11,13,15H,7-9H2,1-2H3. The molecule has 3 aliphatic rings. The van der Waals surface area contributed by atoms with E-state index in [1.165, 1.54) is 12.0 Å². The quantitative estimate of drug-likeness (QED) is 0.694. The molecule has 2 heterocycles. The highest BCUT2D eigenvalue weighted by Crippen LogP contribution is 2.56. The lowest BCUT2D eigenvalue weighted by Crippen LogP contribution is -2.56. The molecule has 2 bridgehead atoms. The summed E-state index contributed by atoms with van der Waals surface area (Å²) in [5, 5.41) is 0. The molecule has 1 aromatic rings. The Morgan fingerprint density at radius 3 is 3.00 bits per heavy atom. The number of para-hydroxylation sites is 1. The second-order valence-corrected chi connectivity index (χ2v) is 6.49. The second kappa shape index (κ2) is 3.51. The topological polar surface area (TPSA) is 18.5 Å². The van der Waals surface area contributed by atoms with Crippen LogP contribution in [-0.4, -0.2) is 12.2 Å². The van der Waals surface area contributed by atoms with Gasteiger partial charge in [0, 0.05) is 11.5 Å². The minimum absolute atomic E-state index is 0.0324. The Kier molecular flexibility index (Phi) is 2.12. The first-order valence-electron chi connectivity index (χ1n) is 7.07. The summed E-state index contributed by atoms with van der Waals surface area (Å²) in [5.74, 6) is 3.00. The normalized spacial score (nSPS) is 45.0. The zero-order valence-electron chi connectivity index (χ0n) is 11.1. The van der Waals surface area contributed by atoms with Gasteiger partial charge in [0.15, 0.2) is 0 Å². The summed E-state index contributed by atoms with van der Waals surface area (Å²) in [5.41, 5.74) is 1.23. The van der Waals surface area contributed by atoms with E-state index in [2.05, 4.69) is 38.1 Å². The highest BCUT2D eigenvalue weighted by atomic mass is 16.5. The first-order chi connectivity index (χ1) is 8.67. The Bertz CT molecular complexity index is 484. The first-order valence-corrected chi connectivity index (χ1v) is 7.07. The molecule has 2 heteroatoms. The van der Waals surface area contributed by atoms with Crippen molar-refractivity contribution in [1.29, 1.82) is 0 Å². The van der Waals surface area contributed by atoms with Crippen molar-refractivity contribution in [3.63, 3.8) is 0 Å². The summed E-state index contributed by atoms with van der Waals surface area (Å²) < 4.78 is 12.6. The highest BCUT2D eigenvalue weighted by Gasteiger charge is 2.54. The Hall–Kier alpha value is -1.02. The lowest BCUT2D eigenvalue weighted by atomic mass is 9.62. The Morgan fingerprint density at radius 1 is 1.28 bits per heavy atom. The number of benzene rings is 1. The minimum Gasteiger partial charge on any atom is -0.487 e. The van der Waals surface area contributed by atoms with E-state index in [4.69, 9.17) is 9.47 Å². The van der Waals surface area contributed by atoms with Crippen LogP contribution in [0.4, 0.5) is 0 Å². The Morgan fingerprint density at radius 2 is 2.11 bits per heavy atom. The minimum atomic E-state index is -0.0324. The second-order valence-electron chi connectivity index (χ2n) is 6.49. The summed E-state index contributed by atoms with van der Waals surface area (Å²) in [6, 6.07) is 8.40. The average molecular weight is 244 g/mol. The van der Waals surface area contributed by atoms with Crippen LogP contribution in [0, 0.1) is 17.8 Å². The Labute approximate surface area is 108 Å². The summed E-state index contributed by atoms with van der Waals surface area (Å²) in [7, 11) is 0. The van der Waals surface area contributed by atoms with Gasteiger partial charge < -0.3 is 9.47 Å². The van der Waals surface area contributed by atoms with E-state index in [-0.39, 0.29) is 11.7 Å². The van der Waals surface area contributed by atoms with Crippen molar-refractivity contribution < 1.29 is 9.47 Å². The van der Waals surface area contributed by atoms with E-state index in [0.29, 0.717) is 11.8 Å². The van der Waals surface area contributed by atoms with Crippen LogP contribution in [-0.2, 0) is 4.74 Å². The summed E-state index contributed by atoms with van der Waals surface area (Å²) in [6.07, 6.45) is 2.68. The lowest BCUT2D eigenvalue weighted by Gasteiger charge is -2.55. The fraction of sp³-hybridized carbons (Fsp3) is 0.625. The molecule has 0 N–H and O–H groups in total. The van der Waals surface area contributed by atoms with Gasteiger partial charge in [-0.1, -0.05) is 25.1 Å². The fourth-order valence-electron chi connectivity index (χ4n) is 4.27. The molecule has 96 valence electrons. The lowest BCUT2D eigenvalue weighted by molar-refractivity contribution is -0.184. The van der Waals surface area contributed by atoms with Gasteiger partial charge in [0.1, 0.15) is 11.4 Å². The van der Waals surface area contributed by atoms with Crippen molar-refractivity contribution in [2.75, 3.05) is 6.61 Å². The molecule has 0 aromatic heterocycles. The first kappa shape index (κ1) is 10.9. The molecule has 2 nitrogen and oxygen atoms in total. The van der Waals surface area contributed by atoms with Gasteiger partial charge in [-0.15, -0.1) is 0 Å². The van der Waals surface area contributed by atoms with Gasteiger partial charge in [0.25, 0.3) is 0 Å². The smallest absolute Gasteiger partial charge is 0.125 e. The van der Waals surface area contributed by atoms with Gasteiger partial charge in [-0.25, -0.2) is 0 Å². The molecular formula is C16H20O2.